The van der Waals surface area contributed by atoms with Gasteiger partial charge in [-0.15, -0.1) is 0 Å². The van der Waals surface area contributed by atoms with E-state index in [0.29, 0.717) is 0 Å². The highest BCUT2D eigenvalue weighted by Crippen LogP contribution is 2.36. The van der Waals surface area contributed by atoms with E-state index in [-0.39, 0.29) is 17.9 Å². The van der Waals surface area contributed by atoms with Crippen molar-refractivity contribution in [2.75, 3.05) is 20.2 Å². The fourth-order valence-corrected chi connectivity index (χ4v) is 2.76. The molecule has 4 nitrogen and oxygen atoms in total. The van der Waals surface area contributed by atoms with E-state index in [1.165, 1.54) is 11.1 Å². The number of carboxylic acid groups (broad SMARTS) is 1. The average molecular weight is 277 g/mol. The van der Waals surface area contributed by atoms with Crippen molar-refractivity contribution < 1.29 is 14.6 Å². The predicted octanol–water partition coefficient (Wildman–Crippen LogP) is 2.72. The number of nitrogens with zero attached hydrogens (tertiary/aromatic N) is 1. The quantitative estimate of drug-likeness (QED) is 0.899. The van der Waals surface area contributed by atoms with Crippen LogP contribution in [0.25, 0.3) is 0 Å². The largest absolute Gasteiger partial charge is 0.496 e. The van der Waals surface area contributed by atoms with Crippen molar-refractivity contribution >= 4 is 5.97 Å². The predicted molar refractivity (Wildman–Crippen MR) is 78.0 cm³/mol. The van der Waals surface area contributed by atoms with Gasteiger partial charge in [-0.3, -0.25) is 9.69 Å². The second kappa shape index (κ2) is 5.83. The van der Waals surface area contributed by atoms with Gasteiger partial charge in [0, 0.05) is 24.7 Å². The fraction of sp³-hybridized carbons (Fsp3) is 0.562. The number of hydrogen-bond acceptors (Lipinski definition) is 3. The molecular weight excluding hydrogens is 254 g/mol. The van der Waals surface area contributed by atoms with Gasteiger partial charge in [0.15, 0.2) is 0 Å². The van der Waals surface area contributed by atoms with Gasteiger partial charge in [0.25, 0.3) is 0 Å². The molecule has 0 spiro atoms. The molecule has 1 aliphatic heterocycles. The van der Waals surface area contributed by atoms with Crippen LogP contribution in [0.2, 0.25) is 0 Å². The Hall–Kier alpha value is -1.55. The zero-order chi connectivity index (χ0) is 14.9. The fourth-order valence-electron chi connectivity index (χ4n) is 2.76. The van der Waals surface area contributed by atoms with Crippen LogP contribution in [0, 0.1) is 18.8 Å². The first-order chi connectivity index (χ1) is 9.43. The van der Waals surface area contributed by atoms with E-state index < -0.39 is 5.97 Å². The summed E-state index contributed by atoms with van der Waals surface area (Å²) in [4.78, 5) is 13.3. The Morgan fingerprint density at radius 3 is 2.60 bits per heavy atom. The summed E-state index contributed by atoms with van der Waals surface area (Å²) in [6, 6.07) is 6.44. The summed E-state index contributed by atoms with van der Waals surface area (Å²) < 4.78 is 5.43. The van der Waals surface area contributed by atoms with Crippen molar-refractivity contribution in [2.24, 2.45) is 11.8 Å². The third kappa shape index (κ3) is 2.80. The lowest BCUT2D eigenvalue weighted by Crippen LogP contribution is -2.51. The van der Waals surface area contributed by atoms with E-state index in [0.717, 1.165) is 18.8 Å². The van der Waals surface area contributed by atoms with Crippen molar-refractivity contribution in [3.8, 4) is 5.75 Å². The molecule has 0 amide bonds. The Balaban J connectivity index is 2.05. The molecule has 4 heteroatoms. The number of likely N-dealkylation sites (tertiary alicyclic amines) is 1. The second-order valence-corrected chi connectivity index (χ2v) is 5.76. The standard InChI is InChI=1S/C16H23NO3/c1-10-5-6-15(20-4)14(7-10)12(3)17-8-13(9-17)11(2)16(18)19/h5-7,11-13H,8-9H2,1-4H3,(H,18,19). The maximum absolute atomic E-state index is 11.0. The number of aliphatic carboxylic acids is 1. The number of methoxy groups -OCH3 is 1. The number of ether oxygens (including phenoxy) is 1. The average Bonchev–Trinajstić information content (AvgIpc) is 2.36. The van der Waals surface area contributed by atoms with E-state index in [1.54, 1.807) is 14.0 Å². The number of hydrogen-bond donors (Lipinski definition) is 1. The van der Waals surface area contributed by atoms with Gasteiger partial charge >= 0.3 is 5.97 Å². The topological polar surface area (TPSA) is 49.8 Å². The number of rotatable bonds is 5. The molecular formula is C16H23NO3. The van der Waals surface area contributed by atoms with E-state index in [2.05, 4.69) is 24.8 Å². The second-order valence-electron chi connectivity index (χ2n) is 5.76. The van der Waals surface area contributed by atoms with Gasteiger partial charge in [-0.25, -0.2) is 0 Å². The lowest BCUT2D eigenvalue weighted by molar-refractivity contribution is -0.146. The summed E-state index contributed by atoms with van der Waals surface area (Å²) in [5.41, 5.74) is 2.39. The molecule has 0 bridgehead atoms. The Labute approximate surface area is 120 Å². The molecule has 0 aromatic heterocycles. The monoisotopic (exact) mass is 277 g/mol. The Kier molecular flexibility index (Phi) is 4.33. The lowest BCUT2D eigenvalue weighted by atomic mass is 9.85. The van der Waals surface area contributed by atoms with Crippen LogP contribution >= 0.6 is 0 Å². The first kappa shape index (κ1) is 14.9. The highest BCUT2D eigenvalue weighted by Gasteiger charge is 2.37. The van der Waals surface area contributed by atoms with E-state index >= 15 is 0 Å². The summed E-state index contributed by atoms with van der Waals surface area (Å²) in [5, 5.41) is 9.04. The lowest BCUT2D eigenvalue weighted by Gasteiger charge is -2.45. The zero-order valence-corrected chi connectivity index (χ0v) is 12.6. The van der Waals surface area contributed by atoms with Crippen molar-refractivity contribution in [1.29, 1.82) is 0 Å². The summed E-state index contributed by atoms with van der Waals surface area (Å²) in [6.45, 7) is 7.69. The van der Waals surface area contributed by atoms with Crippen molar-refractivity contribution in [3.05, 3.63) is 29.3 Å². The third-order valence-corrected chi connectivity index (χ3v) is 4.42. The molecule has 1 saturated heterocycles. The van der Waals surface area contributed by atoms with Gasteiger partial charge < -0.3 is 9.84 Å². The van der Waals surface area contributed by atoms with Gasteiger partial charge in [0.2, 0.25) is 0 Å². The van der Waals surface area contributed by atoms with Crippen LogP contribution in [0.3, 0.4) is 0 Å². The molecule has 1 N–H and O–H groups in total. The molecule has 1 aromatic carbocycles. The van der Waals surface area contributed by atoms with Crippen molar-refractivity contribution in [1.82, 2.24) is 4.90 Å². The molecule has 2 rings (SSSR count). The minimum atomic E-state index is -0.699. The zero-order valence-electron chi connectivity index (χ0n) is 12.6. The molecule has 1 aliphatic rings. The molecule has 0 radical (unpaired) electrons. The summed E-state index contributed by atoms with van der Waals surface area (Å²) in [6.07, 6.45) is 0. The summed E-state index contributed by atoms with van der Waals surface area (Å²) in [5.74, 6) is 0.192. The Morgan fingerprint density at radius 1 is 1.40 bits per heavy atom. The Bertz CT molecular complexity index is 494. The molecule has 2 atom stereocenters. The van der Waals surface area contributed by atoms with E-state index in [4.69, 9.17) is 9.84 Å². The van der Waals surface area contributed by atoms with Crippen LogP contribution < -0.4 is 4.74 Å². The SMILES string of the molecule is COc1ccc(C)cc1C(C)N1CC(C(C)C(=O)O)C1. The molecule has 0 saturated carbocycles. The minimum absolute atomic E-state index is 0.252. The van der Waals surface area contributed by atoms with Crippen molar-refractivity contribution in [2.45, 2.75) is 26.8 Å². The molecule has 1 heterocycles. The molecule has 20 heavy (non-hydrogen) atoms. The first-order valence-electron chi connectivity index (χ1n) is 7.05. The van der Waals surface area contributed by atoms with Crippen LogP contribution in [0.5, 0.6) is 5.75 Å². The molecule has 110 valence electrons. The van der Waals surface area contributed by atoms with Gasteiger partial charge in [-0.2, -0.15) is 0 Å². The van der Waals surface area contributed by atoms with Crippen LogP contribution in [0.4, 0.5) is 0 Å². The summed E-state index contributed by atoms with van der Waals surface area (Å²) >= 11 is 0. The third-order valence-electron chi connectivity index (χ3n) is 4.42. The first-order valence-corrected chi connectivity index (χ1v) is 7.05. The normalized spacial score (nSPS) is 19.2. The van der Waals surface area contributed by atoms with Crippen LogP contribution in [-0.4, -0.2) is 36.2 Å². The smallest absolute Gasteiger partial charge is 0.306 e. The van der Waals surface area contributed by atoms with Crippen LogP contribution in [0.1, 0.15) is 31.0 Å². The molecule has 1 fully saturated rings. The van der Waals surface area contributed by atoms with Gasteiger partial charge in [0.1, 0.15) is 5.75 Å². The van der Waals surface area contributed by atoms with Crippen LogP contribution in [-0.2, 0) is 4.79 Å². The Morgan fingerprint density at radius 2 is 2.05 bits per heavy atom. The van der Waals surface area contributed by atoms with E-state index in [1.807, 2.05) is 12.1 Å². The van der Waals surface area contributed by atoms with Crippen LogP contribution in [0.15, 0.2) is 18.2 Å². The molecule has 2 unspecified atom stereocenters. The highest BCUT2D eigenvalue weighted by atomic mass is 16.5. The highest BCUT2D eigenvalue weighted by molar-refractivity contribution is 5.70. The van der Waals surface area contributed by atoms with Gasteiger partial charge in [-0.1, -0.05) is 24.6 Å². The molecule has 0 aliphatic carbocycles. The van der Waals surface area contributed by atoms with E-state index in [9.17, 15) is 4.79 Å². The molecule has 1 aromatic rings. The maximum atomic E-state index is 11.0. The number of carbonyl (C=O) groups is 1. The number of aryl methyl sites for hydroxylation is 1. The maximum Gasteiger partial charge on any atom is 0.306 e. The van der Waals surface area contributed by atoms with Gasteiger partial charge in [0.05, 0.1) is 13.0 Å². The van der Waals surface area contributed by atoms with Gasteiger partial charge in [-0.05, 0) is 25.8 Å². The number of benzene rings is 1. The minimum Gasteiger partial charge on any atom is -0.496 e. The number of carboxylic acids is 1. The van der Waals surface area contributed by atoms with Crippen molar-refractivity contribution in [3.63, 3.8) is 0 Å². The summed E-state index contributed by atoms with van der Waals surface area (Å²) in [7, 11) is 1.69.